The van der Waals surface area contributed by atoms with Crippen LogP contribution in [0.25, 0.3) is 0 Å². The molecule has 0 aliphatic heterocycles. The molecule has 0 aliphatic rings. The number of anilines is 1. The van der Waals surface area contributed by atoms with E-state index < -0.39 is 15.9 Å². The predicted octanol–water partition coefficient (Wildman–Crippen LogP) is 4.61. The molecule has 0 saturated carbocycles. The molecule has 3 aromatic carbocycles. The van der Waals surface area contributed by atoms with Crippen LogP contribution in [0.3, 0.4) is 0 Å². The first kappa shape index (κ1) is 26.1. The number of benzene rings is 3. The summed E-state index contributed by atoms with van der Waals surface area (Å²) in [6.45, 7) is 7.57. The topological polar surface area (TPSA) is 84.9 Å². The molecule has 8 heteroatoms. The van der Waals surface area contributed by atoms with E-state index in [1.165, 1.54) is 12.1 Å². The summed E-state index contributed by atoms with van der Waals surface area (Å²) >= 11 is 0. The molecular weight excluding hydrogens is 464 g/mol. The van der Waals surface area contributed by atoms with Crippen LogP contribution in [0.1, 0.15) is 30.5 Å². The molecule has 0 fully saturated rings. The Labute approximate surface area is 207 Å². The molecular formula is C27H32N2O5S. The van der Waals surface area contributed by atoms with Crippen molar-refractivity contribution in [1.29, 1.82) is 0 Å². The van der Waals surface area contributed by atoms with Gasteiger partial charge in [0.15, 0.2) is 11.5 Å². The molecule has 1 N–H and O–H groups in total. The van der Waals surface area contributed by atoms with Gasteiger partial charge >= 0.3 is 0 Å². The summed E-state index contributed by atoms with van der Waals surface area (Å²) in [4.78, 5) is 13.0. The third kappa shape index (κ3) is 6.54. The number of hydrogen-bond donors (Lipinski definition) is 1. The van der Waals surface area contributed by atoms with Gasteiger partial charge in [0.05, 0.1) is 23.8 Å². The number of nitrogens with one attached hydrogen (secondary N) is 1. The summed E-state index contributed by atoms with van der Waals surface area (Å²) in [5.74, 6) is 0.755. The maximum atomic E-state index is 13.5. The lowest BCUT2D eigenvalue weighted by molar-refractivity contribution is -0.119. The molecule has 0 radical (unpaired) electrons. The highest BCUT2D eigenvalue weighted by Crippen LogP contribution is 2.29. The summed E-state index contributed by atoms with van der Waals surface area (Å²) < 4.78 is 39.2. The SMILES string of the molecule is COc1cc(CNC(=O)CN(c2ccc(C)c(C)c2)S(=O)(=O)c2ccccc2)ccc1OC(C)C. The molecule has 0 spiro atoms. The summed E-state index contributed by atoms with van der Waals surface area (Å²) in [6, 6.07) is 18.9. The van der Waals surface area contributed by atoms with Gasteiger partial charge in [0.2, 0.25) is 5.91 Å². The minimum Gasteiger partial charge on any atom is -0.493 e. The number of carbonyl (C=O) groups excluding carboxylic acids is 1. The first-order valence-electron chi connectivity index (χ1n) is 11.4. The van der Waals surface area contributed by atoms with Crippen molar-refractivity contribution in [3.8, 4) is 11.5 Å². The highest BCUT2D eigenvalue weighted by molar-refractivity contribution is 7.92. The Bertz CT molecular complexity index is 1270. The summed E-state index contributed by atoms with van der Waals surface area (Å²) in [7, 11) is -2.40. The monoisotopic (exact) mass is 496 g/mol. The second-order valence-corrected chi connectivity index (χ2v) is 10.4. The van der Waals surface area contributed by atoms with Crippen molar-refractivity contribution in [3.63, 3.8) is 0 Å². The Balaban J connectivity index is 1.81. The molecule has 0 saturated heterocycles. The number of rotatable bonds is 10. The average molecular weight is 497 g/mol. The van der Waals surface area contributed by atoms with Crippen LogP contribution in [0, 0.1) is 13.8 Å². The van der Waals surface area contributed by atoms with Gasteiger partial charge in [-0.05, 0) is 80.8 Å². The number of amides is 1. The second-order valence-electron chi connectivity index (χ2n) is 8.52. The molecule has 0 heterocycles. The van der Waals surface area contributed by atoms with Crippen molar-refractivity contribution in [2.24, 2.45) is 0 Å². The highest BCUT2D eigenvalue weighted by atomic mass is 32.2. The number of carbonyl (C=O) groups is 1. The molecule has 0 aliphatic carbocycles. The van der Waals surface area contributed by atoms with Crippen LogP contribution >= 0.6 is 0 Å². The number of ether oxygens (including phenoxy) is 2. The molecule has 0 aromatic heterocycles. The number of methoxy groups -OCH3 is 1. The Morgan fingerprint density at radius 1 is 0.943 bits per heavy atom. The van der Waals surface area contributed by atoms with E-state index >= 15 is 0 Å². The van der Waals surface area contributed by atoms with Gasteiger partial charge in [0, 0.05) is 6.54 Å². The van der Waals surface area contributed by atoms with Gasteiger partial charge < -0.3 is 14.8 Å². The summed E-state index contributed by atoms with van der Waals surface area (Å²) in [6.07, 6.45) is -0.00240. The van der Waals surface area contributed by atoms with Crippen LogP contribution in [0.15, 0.2) is 71.6 Å². The van der Waals surface area contributed by atoms with Crippen molar-refractivity contribution < 1.29 is 22.7 Å². The number of aryl methyl sites for hydroxylation is 2. The molecule has 3 rings (SSSR count). The quantitative estimate of drug-likeness (QED) is 0.443. The normalized spacial score (nSPS) is 11.3. The molecule has 3 aromatic rings. The number of nitrogens with zero attached hydrogens (tertiary/aromatic N) is 1. The lowest BCUT2D eigenvalue weighted by Crippen LogP contribution is -2.40. The van der Waals surface area contributed by atoms with Crippen LogP contribution in [0.4, 0.5) is 5.69 Å². The maximum Gasteiger partial charge on any atom is 0.264 e. The van der Waals surface area contributed by atoms with Gasteiger partial charge in [0.25, 0.3) is 10.0 Å². The van der Waals surface area contributed by atoms with Gasteiger partial charge in [0.1, 0.15) is 6.54 Å². The molecule has 0 unspecified atom stereocenters. The zero-order chi connectivity index (χ0) is 25.6. The van der Waals surface area contributed by atoms with E-state index in [0.717, 1.165) is 21.0 Å². The van der Waals surface area contributed by atoms with Gasteiger partial charge in [-0.1, -0.05) is 30.3 Å². The summed E-state index contributed by atoms with van der Waals surface area (Å²) in [5, 5.41) is 2.82. The fourth-order valence-corrected chi connectivity index (χ4v) is 4.91. The Hall–Kier alpha value is -3.52. The van der Waals surface area contributed by atoms with Crippen molar-refractivity contribution in [1.82, 2.24) is 5.32 Å². The lowest BCUT2D eigenvalue weighted by atomic mass is 10.1. The standard InChI is InChI=1S/C27H32N2O5S/c1-19(2)34-25-14-12-22(16-26(25)33-5)17-28-27(30)18-29(23-13-11-20(3)21(4)15-23)35(31,32)24-9-7-6-8-10-24/h6-16,19H,17-18H2,1-5H3,(H,28,30). The molecule has 0 bridgehead atoms. The van der Waals surface area contributed by atoms with Crippen molar-refractivity contribution in [2.75, 3.05) is 18.0 Å². The van der Waals surface area contributed by atoms with Gasteiger partial charge in [-0.2, -0.15) is 0 Å². The first-order valence-corrected chi connectivity index (χ1v) is 12.8. The van der Waals surface area contributed by atoms with Crippen molar-refractivity contribution in [2.45, 2.75) is 45.2 Å². The van der Waals surface area contributed by atoms with Crippen LogP contribution < -0.4 is 19.1 Å². The number of hydrogen-bond acceptors (Lipinski definition) is 5. The largest absolute Gasteiger partial charge is 0.493 e. The van der Waals surface area contributed by atoms with Gasteiger partial charge in [-0.3, -0.25) is 9.10 Å². The smallest absolute Gasteiger partial charge is 0.264 e. The van der Waals surface area contributed by atoms with E-state index in [0.29, 0.717) is 17.2 Å². The van der Waals surface area contributed by atoms with E-state index in [1.807, 2.05) is 39.8 Å². The van der Waals surface area contributed by atoms with Gasteiger partial charge in [-0.25, -0.2) is 8.42 Å². The molecule has 35 heavy (non-hydrogen) atoms. The predicted molar refractivity (Wildman–Crippen MR) is 137 cm³/mol. The Morgan fingerprint density at radius 2 is 1.66 bits per heavy atom. The van der Waals surface area contributed by atoms with Crippen molar-refractivity contribution >= 4 is 21.6 Å². The molecule has 7 nitrogen and oxygen atoms in total. The second kappa shape index (κ2) is 11.3. The molecule has 0 atom stereocenters. The van der Waals surface area contributed by atoms with E-state index in [4.69, 9.17) is 9.47 Å². The highest BCUT2D eigenvalue weighted by Gasteiger charge is 2.27. The third-order valence-corrected chi connectivity index (χ3v) is 7.27. The first-order chi connectivity index (χ1) is 16.6. The third-order valence-electron chi connectivity index (χ3n) is 5.48. The van der Waals surface area contributed by atoms with Crippen LogP contribution in [0.2, 0.25) is 0 Å². The van der Waals surface area contributed by atoms with E-state index in [2.05, 4.69) is 5.32 Å². The minimum absolute atomic E-state index is 0.00240. The van der Waals surface area contributed by atoms with E-state index in [1.54, 1.807) is 49.6 Å². The fraction of sp³-hybridized carbons (Fsp3) is 0.296. The lowest BCUT2D eigenvalue weighted by Gasteiger charge is -2.25. The Kier molecular flexibility index (Phi) is 8.40. The average Bonchev–Trinajstić information content (AvgIpc) is 2.83. The molecule has 186 valence electrons. The van der Waals surface area contributed by atoms with Crippen LogP contribution in [-0.2, 0) is 21.4 Å². The van der Waals surface area contributed by atoms with Gasteiger partial charge in [-0.15, -0.1) is 0 Å². The number of sulfonamides is 1. The van der Waals surface area contributed by atoms with Crippen LogP contribution in [-0.4, -0.2) is 34.1 Å². The van der Waals surface area contributed by atoms with E-state index in [-0.39, 0.29) is 24.1 Å². The Morgan fingerprint density at radius 3 is 2.29 bits per heavy atom. The minimum atomic E-state index is -3.95. The zero-order valence-corrected chi connectivity index (χ0v) is 21.6. The molecule has 1 amide bonds. The fourth-order valence-electron chi connectivity index (χ4n) is 3.48. The summed E-state index contributed by atoms with van der Waals surface area (Å²) in [5.41, 5.74) is 3.21. The van der Waals surface area contributed by atoms with Crippen molar-refractivity contribution in [3.05, 3.63) is 83.4 Å². The van der Waals surface area contributed by atoms with Crippen LogP contribution in [0.5, 0.6) is 11.5 Å². The zero-order valence-electron chi connectivity index (χ0n) is 20.7. The maximum absolute atomic E-state index is 13.5. The van der Waals surface area contributed by atoms with E-state index in [9.17, 15) is 13.2 Å².